The van der Waals surface area contributed by atoms with Gasteiger partial charge in [0.1, 0.15) is 18.1 Å². The molecule has 0 aliphatic carbocycles. The molecule has 0 spiro atoms. The van der Waals surface area contributed by atoms with Gasteiger partial charge in [-0.3, -0.25) is 14.6 Å². The summed E-state index contributed by atoms with van der Waals surface area (Å²) in [5, 5.41) is 7.60. The Morgan fingerprint density at radius 1 is 1.22 bits per heavy atom. The molecule has 1 amide bonds. The monoisotopic (exact) mass is 392 g/mol. The van der Waals surface area contributed by atoms with Crippen LogP contribution in [0, 0.1) is 6.92 Å². The van der Waals surface area contributed by atoms with E-state index in [1.54, 1.807) is 12.1 Å². The van der Waals surface area contributed by atoms with Crippen molar-refractivity contribution < 1.29 is 14.1 Å². The molecule has 0 radical (unpaired) electrons. The van der Waals surface area contributed by atoms with Gasteiger partial charge in [-0.15, -0.1) is 0 Å². The SMILES string of the molecule is Cc1cc(CN2CCN(CC(=O)NCCOc3ccc(Cl)cc3)CC2)no1. The molecule has 1 saturated heterocycles. The number of carbonyl (C=O) groups is 1. The molecule has 1 aliphatic rings. The molecule has 1 fully saturated rings. The first-order valence-electron chi connectivity index (χ1n) is 9.10. The summed E-state index contributed by atoms with van der Waals surface area (Å²) in [5.41, 5.74) is 0.958. The van der Waals surface area contributed by atoms with E-state index in [9.17, 15) is 4.79 Å². The number of hydrogen-bond donors (Lipinski definition) is 1. The first-order valence-corrected chi connectivity index (χ1v) is 9.48. The van der Waals surface area contributed by atoms with Gasteiger partial charge in [0.25, 0.3) is 0 Å². The minimum absolute atomic E-state index is 0.0234. The molecule has 7 nitrogen and oxygen atoms in total. The van der Waals surface area contributed by atoms with Crippen LogP contribution in [-0.4, -0.2) is 66.7 Å². The zero-order valence-electron chi connectivity index (χ0n) is 15.5. The zero-order valence-corrected chi connectivity index (χ0v) is 16.2. The van der Waals surface area contributed by atoms with E-state index in [1.807, 2.05) is 25.1 Å². The molecule has 0 atom stereocenters. The minimum atomic E-state index is 0.0234. The maximum absolute atomic E-state index is 12.1. The molecule has 1 aliphatic heterocycles. The van der Waals surface area contributed by atoms with E-state index in [1.165, 1.54) is 0 Å². The van der Waals surface area contributed by atoms with Crippen LogP contribution in [0.3, 0.4) is 0 Å². The number of amides is 1. The molecule has 2 aromatic rings. The highest BCUT2D eigenvalue weighted by atomic mass is 35.5. The lowest BCUT2D eigenvalue weighted by Crippen LogP contribution is -2.49. The first-order chi connectivity index (χ1) is 13.1. The molecule has 1 aromatic carbocycles. The quantitative estimate of drug-likeness (QED) is 0.692. The number of aryl methyl sites for hydroxylation is 1. The van der Waals surface area contributed by atoms with Crippen LogP contribution in [0.1, 0.15) is 11.5 Å². The van der Waals surface area contributed by atoms with Crippen molar-refractivity contribution in [1.82, 2.24) is 20.3 Å². The number of benzene rings is 1. The maximum atomic E-state index is 12.1. The number of piperazine rings is 1. The summed E-state index contributed by atoms with van der Waals surface area (Å²) >= 11 is 5.83. The van der Waals surface area contributed by atoms with Crippen molar-refractivity contribution >= 4 is 17.5 Å². The fourth-order valence-corrected chi connectivity index (χ4v) is 3.10. The van der Waals surface area contributed by atoms with E-state index >= 15 is 0 Å². The third-order valence-corrected chi connectivity index (χ3v) is 4.65. The summed E-state index contributed by atoms with van der Waals surface area (Å²) in [7, 11) is 0. The van der Waals surface area contributed by atoms with Crippen molar-refractivity contribution in [2.75, 3.05) is 45.9 Å². The number of nitrogens with one attached hydrogen (secondary N) is 1. The highest BCUT2D eigenvalue weighted by molar-refractivity contribution is 6.30. The van der Waals surface area contributed by atoms with Crippen LogP contribution in [0.4, 0.5) is 0 Å². The molecule has 0 saturated carbocycles. The van der Waals surface area contributed by atoms with Gasteiger partial charge in [0.2, 0.25) is 5.91 Å². The molecule has 2 heterocycles. The predicted octanol–water partition coefficient (Wildman–Crippen LogP) is 1.95. The summed E-state index contributed by atoms with van der Waals surface area (Å²) in [5.74, 6) is 1.60. The Morgan fingerprint density at radius 3 is 2.59 bits per heavy atom. The van der Waals surface area contributed by atoms with Crippen molar-refractivity contribution in [2.45, 2.75) is 13.5 Å². The Morgan fingerprint density at radius 2 is 1.93 bits per heavy atom. The van der Waals surface area contributed by atoms with Gasteiger partial charge in [-0.05, 0) is 31.2 Å². The first kappa shape index (κ1) is 19.7. The van der Waals surface area contributed by atoms with Crippen molar-refractivity contribution in [2.24, 2.45) is 0 Å². The molecule has 146 valence electrons. The van der Waals surface area contributed by atoms with E-state index in [2.05, 4.69) is 20.3 Å². The van der Waals surface area contributed by atoms with Crippen molar-refractivity contribution in [3.05, 3.63) is 46.8 Å². The normalized spacial score (nSPS) is 15.6. The number of hydrogen-bond acceptors (Lipinski definition) is 6. The van der Waals surface area contributed by atoms with Crippen LogP contribution in [0.25, 0.3) is 0 Å². The summed E-state index contributed by atoms with van der Waals surface area (Å²) in [6, 6.07) is 9.14. The largest absolute Gasteiger partial charge is 0.492 e. The topological polar surface area (TPSA) is 70.8 Å². The maximum Gasteiger partial charge on any atom is 0.234 e. The molecule has 0 bridgehead atoms. The Bertz CT molecular complexity index is 727. The summed E-state index contributed by atoms with van der Waals surface area (Å²) in [4.78, 5) is 16.6. The fourth-order valence-electron chi connectivity index (χ4n) is 2.98. The fraction of sp³-hybridized carbons (Fsp3) is 0.474. The van der Waals surface area contributed by atoms with Gasteiger partial charge in [0.05, 0.1) is 18.8 Å². The molecule has 27 heavy (non-hydrogen) atoms. The number of rotatable bonds is 8. The summed E-state index contributed by atoms with van der Waals surface area (Å²) in [6.07, 6.45) is 0. The lowest BCUT2D eigenvalue weighted by atomic mass is 10.2. The molecule has 1 aromatic heterocycles. The van der Waals surface area contributed by atoms with Crippen molar-refractivity contribution in [1.29, 1.82) is 0 Å². The highest BCUT2D eigenvalue weighted by Crippen LogP contribution is 2.15. The lowest BCUT2D eigenvalue weighted by Gasteiger charge is -2.33. The number of halogens is 1. The van der Waals surface area contributed by atoms with Crippen molar-refractivity contribution in [3.8, 4) is 5.75 Å². The van der Waals surface area contributed by atoms with E-state index in [-0.39, 0.29) is 5.91 Å². The Hall–Kier alpha value is -2.09. The lowest BCUT2D eigenvalue weighted by molar-refractivity contribution is -0.122. The molecule has 3 rings (SSSR count). The molecular formula is C19H25ClN4O3. The third kappa shape index (κ3) is 6.53. The van der Waals surface area contributed by atoms with E-state index in [0.29, 0.717) is 24.7 Å². The standard InChI is InChI=1S/C19H25ClN4O3/c1-15-12-17(22-27-15)13-23-7-9-24(10-8-23)14-19(25)21-6-11-26-18-4-2-16(20)3-5-18/h2-5,12H,6-11,13-14H2,1H3,(H,21,25). The van der Waals surface area contributed by atoms with Gasteiger partial charge in [-0.1, -0.05) is 16.8 Å². The van der Waals surface area contributed by atoms with Crippen LogP contribution in [-0.2, 0) is 11.3 Å². The third-order valence-electron chi connectivity index (χ3n) is 4.40. The second-order valence-electron chi connectivity index (χ2n) is 6.63. The van der Waals surface area contributed by atoms with Gasteiger partial charge in [0.15, 0.2) is 0 Å². The van der Waals surface area contributed by atoms with Gasteiger partial charge >= 0.3 is 0 Å². The zero-order chi connectivity index (χ0) is 19.1. The minimum Gasteiger partial charge on any atom is -0.492 e. The average Bonchev–Trinajstić information content (AvgIpc) is 3.07. The van der Waals surface area contributed by atoms with E-state index in [4.69, 9.17) is 20.9 Å². The van der Waals surface area contributed by atoms with Crippen molar-refractivity contribution in [3.63, 3.8) is 0 Å². The highest BCUT2D eigenvalue weighted by Gasteiger charge is 2.19. The number of carbonyl (C=O) groups excluding carboxylic acids is 1. The number of aromatic nitrogens is 1. The second kappa shape index (κ2) is 9.73. The predicted molar refractivity (Wildman–Crippen MR) is 103 cm³/mol. The van der Waals surface area contributed by atoms with Gasteiger partial charge in [-0.2, -0.15) is 0 Å². The Kier molecular flexibility index (Phi) is 7.09. The molecule has 1 N–H and O–H groups in total. The van der Waals surface area contributed by atoms with Crippen LogP contribution < -0.4 is 10.1 Å². The van der Waals surface area contributed by atoms with E-state index in [0.717, 1.165) is 49.9 Å². The number of ether oxygens (including phenoxy) is 1. The average molecular weight is 393 g/mol. The Balaban J connectivity index is 1.28. The number of nitrogens with zero attached hydrogens (tertiary/aromatic N) is 3. The van der Waals surface area contributed by atoms with E-state index < -0.39 is 0 Å². The van der Waals surface area contributed by atoms with Crippen LogP contribution in [0.2, 0.25) is 5.02 Å². The molecule has 8 heteroatoms. The molecular weight excluding hydrogens is 368 g/mol. The van der Waals surface area contributed by atoms with Crippen LogP contribution in [0.5, 0.6) is 5.75 Å². The van der Waals surface area contributed by atoms with Crippen LogP contribution in [0.15, 0.2) is 34.9 Å². The summed E-state index contributed by atoms with van der Waals surface area (Å²) in [6.45, 7) is 7.57. The van der Waals surface area contributed by atoms with Crippen LogP contribution >= 0.6 is 11.6 Å². The van der Waals surface area contributed by atoms with Gasteiger partial charge in [-0.25, -0.2) is 0 Å². The Labute approximate surface area is 164 Å². The van der Waals surface area contributed by atoms with Gasteiger partial charge < -0.3 is 14.6 Å². The summed E-state index contributed by atoms with van der Waals surface area (Å²) < 4.78 is 10.7. The molecule has 0 unspecified atom stereocenters. The van der Waals surface area contributed by atoms with Gasteiger partial charge in [0, 0.05) is 43.8 Å². The smallest absolute Gasteiger partial charge is 0.234 e. The second-order valence-corrected chi connectivity index (χ2v) is 7.07.